The van der Waals surface area contributed by atoms with Gasteiger partial charge in [-0.15, -0.1) is 17.9 Å². The first-order valence-electron chi connectivity index (χ1n) is 8.29. The molecule has 2 aromatic rings. The zero-order valence-electron chi connectivity index (χ0n) is 14.3. The highest BCUT2D eigenvalue weighted by Crippen LogP contribution is 2.27. The standard InChI is InChI=1S/C18H23N3O2S2/c1-3-9-21(15-8-10-25(22,23)13-15)12-16-11-19-18(24-16)20-17-7-5-4-6-14(17)2/h3-7,11,15H,1,8-10,12-13H2,2H3,(H,19,20). The Bertz CT molecular complexity index is 846. The van der Waals surface area contributed by atoms with Crippen LogP contribution in [0.2, 0.25) is 0 Å². The Morgan fingerprint density at radius 3 is 2.92 bits per heavy atom. The molecule has 134 valence electrons. The van der Waals surface area contributed by atoms with Crippen molar-refractivity contribution in [1.29, 1.82) is 0 Å². The zero-order chi connectivity index (χ0) is 17.9. The summed E-state index contributed by atoms with van der Waals surface area (Å²) >= 11 is 1.60. The maximum atomic E-state index is 11.8. The van der Waals surface area contributed by atoms with Gasteiger partial charge in [0.2, 0.25) is 0 Å². The Morgan fingerprint density at radius 2 is 2.24 bits per heavy atom. The number of nitrogens with zero attached hydrogens (tertiary/aromatic N) is 2. The molecule has 0 radical (unpaired) electrons. The molecule has 1 atom stereocenters. The Hall–Kier alpha value is -1.70. The lowest BCUT2D eigenvalue weighted by Gasteiger charge is -2.25. The van der Waals surface area contributed by atoms with Crippen molar-refractivity contribution in [2.45, 2.75) is 25.9 Å². The number of para-hydroxylation sites is 1. The number of sulfone groups is 1. The molecule has 0 saturated carbocycles. The lowest BCUT2D eigenvalue weighted by atomic mass is 10.2. The van der Waals surface area contributed by atoms with Gasteiger partial charge in [0, 0.05) is 35.9 Å². The predicted molar refractivity (Wildman–Crippen MR) is 104 cm³/mol. The summed E-state index contributed by atoms with van der Waals surface area (Å²) in [4.78, 5) is 7.75. The fourth-order valence-electron chi connectivity index (χ4n) is 3.04. The number of aryl methyl sites for hydroxylation is 1. The summed E-state index contributed by atoms with van der Waals surface area (Å²) in [6.45, 7) is 7.24. The number of hydrogen-bond acceptors (Lipinski definition) is 6. The van der Waals surface area contributed by atoms with Crippen LogP contribution in [0.5, 0.6) is 0 Å². The lowest BCUT2D eigenvalue weighted by molar-refractivity contribution is 0.228. The van der Waals surface area contributed by atoms with Crippen LogP contribution in [0.4, 0.5) is 10.8 Å². The first-order valence-corrected chi connectivity index (χ1v) is 10.9. The van der Waals surface area contributed by atoms with E-state index in [0.717, 1.165) is 15.7 Å². The lowest BCUT2D eigenvalue weighted by Crippen LogP contribution is -2.35. The Kier molecular flexibility index (Phi) is 5.56. The molecule has 0 aliphatic carbocycles. The summed E-state index contributed by atoms with van der Waals surface area (Å²) in [6.07, 6.45) is 4.40. The van der Waals surface area contributed by atoms with E-state index in [1.165, 1.54) is 5.56 Å². The molecule has 5 nitrogen and oxygen atoms in total. The second-order valence-electron chi connectivity index (χ2n) is 6.35. The van der Waals surface area contributed by atoms with E-state index in [1.54, 1.807) is 11.3 Å². The topological polar surface area (TPSA) is 62.3 Å². The first kappa shape index (κ1) is 18.1. The molecule has 1 unspecified atom stereocenters. The van der Waals surface area contributed by atoms with Gasteiger partial charge in [-0.3, -0.25) is 4.90 Å². The van der Waals surface area contributed by atoms with Gasteiger partial charge in [-0.2, -0.15) is 0 Å². The molecule has 1 N–H and O–H groups in total. The van der Waals surface area contributed by atoms with Crippen molar-refractivity contribution in [3.63, 3.8) is 0 Å². The monoisotopic (exact) mass is 377 g/mol. The molecule has 1 aliphatic heterocycles. The molecular weight excluding hydrogens is 354 g/mol. The quantitative estimate of drug-likeness (QED) is 0.750. The molecule has 1 aliphatic rings. The fraction of sp³-hybridized carbons (Fsp3) is 0.389. The highest BCUT2D eigenvalue weighted by Gasteiger charge is 2.32. The van der Waals surface area contributed by atoms with Crippen molar-refractivity contribution < 1.29 is 8.42 Å². The number of aromatic nitrogens is 1. The fourth-order valence-corrected chi connectivity index (χ4v) is 5.65. The third-order valence-electron chi connectivity index (χ3n) is 4.39. The van der Waals surface area contributed by atoms with Gasteiger partial charge in [-0.25, -0.2) is 13.4 Å². The van der Waals surface area contributed by atoms with E-state index in [4.69, 9.17) is 0 Å². The molecule has 1 fully saturated rings. The van der Waals surface area contributed by atoms with Gasteiger partial charge in [0.25, 0.3) is 0 Å². The van der Waals surface area contributed by atoms with Crippen LogP contribution < -0.4 is 5.32 Å². The molecule has 0 spiro atoms. The van der Waals surface area contributed by atoms with Gasteiger partial charge in [-0.1, -0.05) is 24.3 Å². The van der Waals surface area contributed by atoms with Crippen LogP contribution in [0, 0.1) is 6.92 Å². The van der Waals surface area contributed by atoms with Crippen molar-refractivity contribution in [2.75, 3.05) is 23.4 Å². The predicted octanol–water partition coefficient (Wildman–Crippen LogP) is 3.37. The minimum atomic E-state index is -2.89. The van der Waals surface area contributed by atoms with Crippen LogP contribution in [0.15, 0.2) is 43.1 Å². The molecule has 1 aromatic heterocycles. The smallest absolute Gasteiger partial charge is 0.187 e. The molecule has 0 amide bonds. The molecule has 25 heavy (non-hydrogen) atoms. The van der Waals surface area contributed by atoms with Crippen LogP contribution >= 0.6 is 11.3 Å². The Balaban J connectivity index is 1.68. The van der Waals surface area contributed by atoms with Crippen LogP contribution in [-0.2, 0) is 16.4 Å². The van der Waals surface area contributed by atoms with Crippen molar-refractivity contribution in [1.82, 2.24) is 9.88 Å². The molecule has 2 heterocycles. The van der Waals surface area contributed by atoms with Crippen LogP contribution in [0.25, 0.3) is 0 Å². The van der Waals surface area contributed by atoms with Crippen LogP contribution in [-0.4, -0.2) is 42.4 Å². The van der Waals surface area contributed by atoms with Gasteiger partial charge < -0.3 is 5.32 Å². The molecular formula is C18H23N3O2S2. The normalized spacial score (nSPS) is 19.2. The Labute approximate surface area is 153 Å². The third-order valence-corrected chi connectivity index (χ3v) is 7.04. The number of rotatable bonds is 7. The minimum absolute atomic E-state index is 0.0675. The molecule has 3 rings (SSSR count). The van der Waals surface area contributed by atoms with Crippen molar-refractivity contribution >= 4 is 32.0 Å². The van der Waals surface area contributed by atoms with E-state index >= 15 is 0 Å². The van der Waals surface area contributed by atoms with Gasteiger partial charge >= 0.3 is 0 Å². The summed E-state index contributed by atoms with van der Waals surface area (Å²) < 4.78 is 23.5. The number of benzene rings is 1. The average molecular weight is 378 g/mol. The van der Waals surface area contributed by atoms with E-state index in [9.17, 15) is 8.42 Å². The largest absolute Gasteiger partial charge is 0.331 e. The van der Waals surface area contributed by atoms with Crippen molar-refractivity contribution in [3.05, 3.63) is 53.6 Å². The van der Waals surface area contributed by atoms with Crippen LogP contribution in [0.3, 0.4) is 0 Å². The van der Waals surface area contributed by atoms with Crippen LogP contribution in [0.1, 0.15) is 16.9 Å². The number of thiazole rings is 1. The molecule has 1 aromatic carbocycles. The maximum Gasteiger partial charge on any atom is 0.187 e. The van der Waals surface area contributed by atoms with E-state index < -0.39 is 9.84 Å². The van der Waals surface area contributed by atoms with Gasteiger partial charge in [0.15, 0.2) is 15.0 Å². The first-order chi connectivity index (χ1) is 12.0. The maximum absolute atomic E-state index is 11.8. The number of anilines is 2. The highest BCUT2D eigenvalue weighted by atomic mass is 32.2. The summed E-state index contributed by atoms with van der Waals surface area (Å²) in [5.74, 6) is 0.530. The van der Waals surface area contributed by atoms with Crippen molar-refractivity contribution in [2.24, 2.45) is 0 Å². The van der Waals surface area contributed by atoms with Gasteiger partial charge in [0.05, 0.1) is 11.5 Å². The zero-order valence-corrected chi connectivity index (χ0v) is 15.9. The molecule has 0 bridgehead atoms. The SMILES string of the molecule is C=CCN(Cc1cnc(Nc2ccccc2C)s1)C1CCS(=O)(=O)C1. The van der Waals surface area contributed by atoms with E-state index in [2.05, 4.69) is 34.8 Å². The second kappa shape index (κ2) is 7.68. The minimum Gasteiger partial charge on any atom is -0.331 e. The molecule has 1 saturated heterocycles. The summed E-state index contributed by atoms with van der Waals surface area (Å²) in [5.41, 5.74) is 2.22. The van der Waals surface area contributed by atoms with E-state index in [1.807, 2.05) is 30.5 Å². The number of nitrogens with one attached hydrogen (secondary N) is 1. The third kappa shape index (κ3) is 4.68. The van der Waals surface area contributed by atoms with Crippen molar-refractivity contribution in [3.8, 4) is 0 Å². The van der Waals surface area contributed by atoms with E-state index in [0.29, 0.717) is 19.5 Å². The van der Waals surface area contributed by atoms with E-state index in [-0.39, 0.29) is 17.5 Å². The highest BCUT2D eigenvalue weighted by molar-refractivity contribution is 7.91. The number of hydrogen-bond donors (Lipinski definition) is 1. The molecule has 7 heteroatoms. The Morgan fingerprint density at radius 1 is 1.44 bits per heavy atom. The summed E-state index contributed by atoms with van der Waals surface area (Å²) in [7, 11) is -2.89. The second-order valence-corrected chi connectivity index (χ2v) is 9.69. The summed E-state index contributed by atoms with van der Waals surface area (Å²) in [5, 5.41) is 4.20. The average Bonchev–Trinajstić information content (AvgIpc) is 3.15. The summed E-state index contributed by atoms with van der Waals surface area (Å²) in [6, 6.07) is 8.16. The van der Waals surface area contributed by atoms with Gasteiger partial charge in [-0.05, 0) is 25.0 Å². The van der Waals surface area contributed by atoms with Gasteiger partial charge in [0.1, 0.15) is 0 Å².